The smallest absolute Gasteiger partial charge is 0.261 e. The summed E-state index contributed by atoms with van der Waals surface area (Å²) in [6.07, 6.45) is 1.36. The number of ether oxygens (including phenoxy) is 1. The Labute approximate surface area is 200 Å². The van der Waals surface area contributed by atoms with Crippen molar-refractivity contribution in [1.29, 1.82) is 0 Å². The van der Waals surface area contributed by atoms with Gasteiger partial charge in [-0.25, -0.2) is 0 Å². The second-order valence-corrected chi connectivity index (χ2v) is 9.14. The first-order valence-electron chi connectivity index (χ1n) is 11.2. The fraction of sp³-hybridized carbons (Fsp3) is 0.462. The van der Waals surface area contributed by atoms with Gasteiger partial charge in [-0.2, -0.15) is 0 Å². The molecular formula is C26H35BrN2O3. The van der Waals surface area contributed by atoms with Gasteiger partial charge in [0.25, 0.3) is 5.91 Å². The number of rotatable bonds is 10. The van der Waals surface area contributed by atoms with Crippen LogP contribution in [0, 0.1) is 20.8 Å². The zero-order valence-electron chi connectivity index (χ0n) is 20.0. The highest BCUT2D eigenvalue weighted by molar-refractivity contribution is 9.10. The lowest BCUT2D eigenvalue weighted by Gasteiger charge is -2.31. The van der Waals surface area contributed by atoms with Gasteiger partial charge in [-0.05, 0) is 74.9 Å². The minimum absolute atomic E-state index is 0.0527. The molecule has 2 atom stereocenters. The molecule has 2 amide bonds. The Morgan fingerprint density at radius 1 is 1.03 bits per heavy atom. The maximum absolute atomic E-state index is 13.3. The fourth-order valence-electron chi connectivity index (χ4n) is 3.55. The van der Waals surface area contributed by atoms with Crippen molar-refractivity contribution in [3.63, 3.8) is 0 Å². The van der Waals surface area contributed by atoms with Gasteiger partial charge >= 0.3 is 0 Å². The quantitative estimate of drug-likeness (QED) is 0.468. The Kier molecular flexibility index (Phi) is 9.76. The van der Waals surface area contributed by atoms with E-state index in [1.54, 1.807) is 4.90 Å². The molecule has 2 aromatic carbocycles. The fourth-order valence-corrected chi connectivity index (χ4v) is 3.78. The molecule has 0 saturated carbocycles. The van der Waals surface area contributed by atoms with E-state index in [-0.39, 0.29) is 24.5 Å². The van der Waals surface area contributed by atoms with Crippen molar-refractivity contribution in [2.45, 2.75) is 73.0 Å². The normalized spacial score (nSPS) is 12.7. The molecule has 2 rings (SSSR count). The lowest BCUT2D eigenvalue weighted by molar-refractivity contribution is -0.143. The van der Waals surface area contributed by atoms with Crippen molar-refractivity contribution in [1.82, 2.24) is 10.2 Å². The van der Waals surface area contributed by atoms with Gasteiger partial charge in [-0.3, -0.25) is 9.59 Å². The van der Waals surface area contributed by atoms with Crippen LogP contribution >= 0.6 is 15.9 Å². The highest BCUT2D eigenvalue weighted by Crippen LogP contribution is 2.26. The summed E-state index contributed by atoms with van der Waals surface area (Å²) in [6.45, 7) is 12.2. The van der Waals surface area contributed by atoms with Crippen LogP contribution in [0.25, 0.3) is 0 Å². The number of benzene rings is 2. The van der Waals surface area contributed by atoms with Gasteiger partial charge < -0.3 is 15.0 Å². The monoisotopic (exact) mass is 502 g/mol. The molecule has 0 bridgehead atoms. The number of amides is 2. The molecule has 32 heavy (non-hydrogen) atoms. The summed E-state index contributed by atoms with van der Waals surface area (Å²) >= 11 is 3.55. The lowest BCUT2D eigenvalue weighted by atomic mass is 10.1. The Morgan fingerprint density at radius 2 is 1.66 bits per heavy atom. The summed E-state index contributed by atoms with van der Waals surface area (Å²) in [5, 5.41) is 3.03. The van der Waals surface area contributed by atoms with Crippen molar-refractivity contribution in [2.75, 3.05) is 6.61 Å². The van der Waals surface area contributed by atoms with Crippen molar-refractivity contribution >= 4 is 27.7 Å². The molecule has 0 spiro atoms. The highest BCUT2D eigenvalue weighted by atomic mass is 79.9. The highest BCUT2D eigenvalue weighted by Gasteiger charge is 2.29. The molecule has 6 heteroatoms. The summed E-state index contributed by atoms with van der Waals surface area (Å²) in [5.74, 6) is 0.307. The maximum atomic E-state index is 13.3. The average Bonchev–Trinajstić information content (AvgIpc) is 2.76. The van der Waals surface area contributed by atoms with Gasteiger partial charge in [0, 0.05) is 17.1 Å². The summed E-state index contributed by atoms with van der Waals surface area (Å²) in [5.41, 5.74) is 4.20. The van der Waals surface area contributed by atoms with Gasteiger partial charge in [-0.1, -0.05) is 54.0 Å². The number of aryl methyl sites for hydroxylation is 3. The summed E-state index contributed by atoms with van der Waals surface area (Å²) < 4.78 is 6.90. The van der Waals surface area contributed by atoms with Crippen LogP contribution in [0.15, 0.2) is 40.9 Å². The van der Waals surface area contributed by atoms with E-state index < -0.39 is 6.04 Å². The van der Waals surface area contributed by atoms with E-state index in [0.717, 1.165) is 33.1 Å². The molecule has 0 fully saturated rings. The van der Waals surface area contributed by atoms with E-state index in [2.05, 4.69) is 21.2 Å². The first kappa shape index (κ1) is 25.9. The first-order chi connectivity index (χ1) is 15.2. The molecule has 5 nitrogen and oxygen atoms in total. The predicted octanol–water partition coefficient (Wildman–Crippen LogP) is 5.48. The molecule has 0 aromatic heterocycles. The number of halogens is 1. The van der Waals surface area contributed by atoms with E-state index in [1.807, 2.05) is 77.9 Å². The molecular weight excluding hydrogens is 468 g/mol. The molecule has 0 aliphatic carbocycles. The summed E-state index contributed by atoms with van der Waals surface area (Å²) in [4.78, 5) is 28.0. The van der Waals surface area contributed by atoms with E-state index in [0.29, 0.717) is 18.7 Å². The van der Waals surface area contributed by atoms with Crippen LogP contribution < -0.4 is 10.1 Å². The molecule has 0 aliphatic heterocycles. The number of carbonyl (C=O) groups excluding carboxylic acids is 2. The van der Waals surface area contributed by atoms with Crippen molar-refractivity contribution in [3.05, 3.63) is 63.1 Å². The third-order valence-electron chi connectivity index (χ3n) is 5.76. The molecule has 0 heterocycles. The Morgan fingerprint density at radius 3 is 2.22 bits per heavy atom. The largest absolute Gasteiger partial charge is 0.484 e. The van der Waals surface area contributed by atoms with E-state index >= 15 is 0 Å². The topological polar surface area (TPSA) is 58.6 Å². The predicted molar refractivity (Wildman–Crippen MR) is 133 cm³/mol. The Balaban J connectivity index is 2.26. The minimum atomic E-state index is -0.562. The SMILES string of the molecule is CC[C@H](C)NC(=O)[C@H](CC)N(Cc1ccccc1C)C(=O)COc1cc(C)c(Br)c(C)c1. The number of nitrogens with one attached hydrogen (secondary N) is 1. The van der Waals surface area contributed by atoms with Crippen LogP contribution in [0.1, 0.15) is 55.9 Å². The van der Waals surface area contributed by atoms with Gasteiger partial charge in [0.2, 0.25) is 5.91 Å². The number of hydrogen-bond donors (Lipinski definition) is 1. The molecule has 0 unspecified atom stereocenters. The second kappa shape index (κ2) is 12.0. The van der Waals surface area contributed by atoms with Gasteiger partial charge in [-0.15, -0.1) is 0 Å². The van der Waals surface area contributed by atoms with Gasteiger partial charge in [0.05, 0.1) is 0 Å². The van der Waals surface area contributed by atoms with Crippen molar-refractivity contribution in [3.8, 4) is 5.75 Å². The van der Waals surface area contributed by atoms with Gasteiger partial charge in [0.15, 0.2) is 6.61 Å². The van der Waals surface area contributed by atoms with E-state index in [4.69, 9.17) is 4.74 Å². The van der Waals surface area contributed by atoms with Gasteiger partial charge in [0.1, 0.15) is 11.8 Å². The molecule has 2 aromatic rings. The maximum Gasteiger partial charge on any atom is 0.261 e. The van der Waals surface area contributed by atoms with Crippen LogP contribution in [-0.2, 0) is 16.1 Å². The summed E-state index contributed by atoms with van der Waals surface area (Å²) in [7, 11) is 0. The third-order valence-corrected chi connectivity index (χ3v) is 7.01. The second-order valence-electron chi connectivity index (χ2n) is 8.35. The molecule has 0 radical (unpaired) electrons. The van der Waals surface area contributed by atoms with Crippen LogP contribution in [0.2, 0.25) is 0 Å². The molecule has 0 saturated heterocycles. The standard InChI is InChI=1S/C26H35BrN2O3/c1-7-20(6)28-26(31)23(8-2)29(15-21-12-10-9-11-17(21)3)24(30)16-32-22-13-18(4)25(27)19(5)14-22/h9-14,20,23H,7-8,15-16H2,1-6H3,(H,28,31)/t20-,23-/m0/s1. The number of nitrogens with zero attached hydrogens (tertiary/aromatic N) is 1. The lowest BCUT2D eigenvalue weighted by Crippen LogP contribution is -2.51. The first-order valence-corrected chi connectivity index (χ1v) is 12.0. The van der Waals surface area contributed by atoms with Crippen molar-refractivity contribution < 1.29 is 14.3 Å². The molecule has 1 N–H and O–H groups in total. The van der Waals surface area contributed by atoms with Crippen LogP contribution in [0.3, 0.4) is 0 Å². The van der Waals surface area contributed by atoms with Crippen molar-refractivity contribution in [2.24, 2.45) is 0 Å². The average molecular weight is 503 g/mol. The van der Waals surface area contributed by atoms with Crippen LogP contribution in [0.5, 0.6) is 5.75 Å². The Hall–Kier alpha value is -2.34. The zero-order valence-corrected chi connectivity index (χ0v) is 21.6. The minimum Gasteiger partial charge on any atom is -0.484 e. The van der Waals surface area contributed by atoms with E-state index in [9.17, 15) is 9.59 Å². The Bertz CT molecular complexity index is 921. The number of carbonyl (C=O) groups is 2. The number of hydrogen-bond acceptors (Lipinski definition) is 3. The van der Waals surface area contributed by atoms with Crippen LogP contribution in [-0.4, -0.2) is 35.4 Å². The third kappa shape index (κ3) is 6.83. The zero-order chi connectivity index (χ0) is 23.8. The summed E-state index contributed by atoms with van der Waals surface area (Å²) in [6, 6.07) is 11.2. The van der Waals surface area contributed by atoms with E-state index in [1.165, 1.54) is 0 Å². The van der Waals surface area contributed by atoms with Crippen LogP contribution in [0.4, 0.5) is 0 Å². The molecule has 0 aliphatic rings. The molecule has 174 valence electrons.